The van der Waals surface area contributed by atoms with Crippen LogP contribution in [0.3, 0.4) is 0 Å². The highest BCUT2D eigenvalue weighted by molar-refractivity contribution is 5.79. The monoisotopic (exact) mass is 276 g/mol. The lowest BCUT2D eigenvalue weighted by Crippen LogP contribution is -2.21. The van der Waals surface area contributed by atoms with Crippen molar-refractivity contribution >= 4 is 11.8 Å². The first-order chi connectivity index (χ1) is 9.69. The fourth-order valence-electron chi connectivity index (χ4n) is 2.39. The van der Waals surface area contributed by atoms with Gasteiger partial charge in [-0.15, -0.1) is 0 Å². The molecule has 0 atom stereocenters. The van der Waals surface area contributed by atoms with Gasteiger partial charge >= 0.3 is 5.97 Å². The predicted octanol–water partition coefficient (Wildman–Crippen LogP) is 2.43. The molecule has 20 heavy (non-hydrogen) atoms. The Balaban J connectivity index is 1.92. The van der Waals surface area contributed by atoms with E-state index in [4.69, 9.17) is 9.47 Å². The maximum absolute atomic E-state index is 11.4. The smallest absolute Gasteiger partial charge is 0.309 e. The number of hydrogen-bond acceptors (Lipinski definition) is 4. The van der Waals surface area contributed by atoms with Crippen LogP contribution >= 0.6 is 0 Å². The van der Waals surface area contributed by atoms with Crippen molar-refractivity contribution in [3.8, 4) is 0 Å². The van der Waals surface area contributed by atoms with E-state index in [-0.39, 0.29) is 18.5 Å². The summed E-state index contributed by atoms with van der Waals surface area (Å²) in [5, 5.41) is 0. The number of benzene rings is 1. The molecule has 0 spiro atoms. The first-order valence-electron chi connectivity index (χ1n) is 6.96. The molecule has 0 N–H and O–H groups in total. The van der Waals surface area contributed by atoms with Gasteiger partial charge in [0.1, 0.15) is 5.78 Å². The average Bonchev–Trinajstić information content (AvgIpc) is 2.48. The highest BCUT2D eigenvalue weighted by Crippen LogP contribution is 2.20. The number of ketones is 1. The Hall–Kier alpha value is -1.68. The van der Waals surface area contributed by atoms with E-state index in [1.165, 1.54) is 7.11 Å². The molecule has 1 aliphatic rings. The molecule has 0 bridgehead atoms. The number of esters is 1. The Morgan fingerprint density at radius 3 is 2.50 bits per heavy atom. The Labute approximate surface area is 119 Å². The second kappa shape index (κ2) is 7.20. The van der Waals surface area contributed by atoms with Crippen LogP contribution in [0.4, 0.5) is 0 Å². The lowest BCUT2D eigenvalue weighted by atomic mass is 9.96. The van der Waals surface area contributed by atoms with Gasteiger partial charge in [-0.3, -0.25) is 9.59 Å². The molecule has 1 aliphatic carbocycles. The Morgan fingerprint density at radius 1 is 1.20 bits per heavy atom. The van der Waals surface area contributed by atoms with E-state index in [0.717, 1.165) is 24.0 Å². The Kier molecular flexibility index (Phi) is 5.30. The minimum atomic E-state index is -0.249. The standard InChI is InChI=1S/C16H20O4/c1-19-16(18)10-12-4-2-3-5-13(12)11-20-15-8-6-14(17)7-9-15/h2-5,15H,6-11H2,1H3. The molecule has 0 saturated heterocycles. The van der Waals surface area contributed by atoms with E-state index in [9.17, 15) is 9.59 Å². The van der Waals surface area contributed by atoms with Crippen molar-refractivity contribution in [2.24, 2.45) is 0 Å². The van der Waals surface area contributed by atoms with Gasteiger partial charge in [0.2, 0.25) is 0 Å². The third kappa shape index (κ3) is 4.17. The van der Waals surface area contributed by atoms with Crippen LogP contribution in [0.15, 0.2) is 24.3 Å². The van der Waals surface area contributed by atoms with E-state index in [2.05, 4.69) is 0 Å². The molecule has 1 aromatic carbocycles. The summed E-state index contributed by atoms with van der Waals surface area (Å²) in [5.74, 6) is 0.0802. The van der Waals surface area contributed by atoms with Crippen LogP contribution in [0.1, 0.15) is 36.8 Å². The van der Waals surface area contributed by atoms with Crippen molar-refractivity contribution in [1.82, 2.24) is 0 Å². The van der Waals surface area contributed by atoms with Crippen LogP contribution < -0.4 is 0 Å². The van der Waals surface area contributed by atoms with Crippen molar-refractivity contribution in [2.75, 3.05) is 7.11 Å². The van der Waals surface area contributed by atoms with Crippen molar-refractivity contribution in [1.29, 1.82) is 0 Å². The number of Topliss-reactive ketones (excluding diaryl/α,β-unsaturated/α-hetero) is 1. The number of ether oxygens (including phenoxy) is 2. The fourth-order valence-corrected chi connectivity index (χ4v) is 2.39. The first kappa shape index (κ1) is 14.7. The minimum Gasteiger partial charge on any atom is -0.469 e. The number of hydrogen-bond donors (Lipinski definition) is 0. The van der Waals surface area contributed by atoms with Gasteiger partial charge in [0.15, 0.2) is 0 Å². The molecule has 1 fully saturated rings. The van der Waals surface area contributed by atoms with Gasteiger partial charge in [-0.05, 0) is 24.0 Å². The molecule has 0 heterocycles. The quantitative estimate of drug-likeness (QED) is 0.775. The van der Waals surface area contributed by atoms with Crippen LogP contribution in [0.2, 0.25) is 0 Å². The van der Waals surface area contributed by atoms with Crippen molar-refractivity contribution in [3.63, 3.8) is 0 Å². The van der Waals surface area contributed by atoms with E-state index in [1.807, 2.05) is 24.3 Å². The van der Waals surface area contributed by atoms with E-state index < -0.39 is 0 Å². The highest BCUT2D eigenvalue weighted by atomic mass is 16.5. The molecule has 0 radical (unpaired) electrons. The summed E-state index contributed by atoms with van der Waals surface area (Å²) in [6.07, 6.45) is 3.26. The van der Waals surface area contributed by atoms with Crippen molar-refractivity contribution < 1.29 is 19.1 Å². The van der Waals surface area contributed by atoms with Gasteiger partial charge < -0.3 is 9.47 Å². The van der Waals surface area contributed by atoms with Gasteiger partial charge in [0.25, 0.3) is 0 Å². The molecule has 0 amide bonds. The zero-order valence-electron chi connectivity index (χ0n) is 11.8. The summed E-state index contributed by atoms with van der Waals surface area (Å²) in [7, 11) is 1.39. The van der Waals surface area contributed by atoms with E-state index in [1.54, 1.807) is 0 Å². The number of carbonyl (C=O) groups is 2. The molecule has 1 aromatic rings. The van der Waals surface area contributed by atoms with Crippen molar-refractivity contribution in [3.05, 3.63) is 35.4 Å². The Bertz CT molecular complexity index is 471. The molecular formula is C16H20O4. The van der Waals surface area contributed by atoms with Crippen molar-refractivity contribution in [2.45, 2.75) is 44.8 Å². The summed E-state index contributed by atoms with van der Waals surface area (Å²) >= 11 is 0. The van der Waals surface area contributed by atoms with Crippen LogP contribution in [0.25, 0.3) is 0 Å². The summed E-state index contributed by atoms with van der Waals surface area (Å²) in [6, 6.07) is 7.72. The van der Waals surface area contributed by atoms with Gasteiger partial charge in [0.05, 0.1) is 26.2 Å². The highest BCUT2D eigenvalue weighted by Gasteiger charge is 2.19. The normalized spacial score (nSPS) is 16.1. The molecule has 2 rings (SSSR count). The molecule has 0 aliphatic heterocycles. The topological polar surface area (TPSA) is 52.6 Å². The maximum atomic E-state index is 11.4. The first-order valence-corrected chi connectivity index (χ1v) is 6.96. The summed E-state index contributed by atoms with van der Waals surface area (Å²) in [4.78, 5) is 22.6. The summed E-state index contributed by atoms with van der Waals surface area (Å²) < 4.78 is 10.6. The zero-order valence-corrected chi connectivity index (χ0v) is 11.8. The van der Waals surface area contributed by atoms with Crippen LogP contribution in [0.5, 0.6) is 0 Å². The Morgan fingerprint density at radius 2 is 1.85 bits per heavy atom. The molecule has 108 valence electrons. The number of methoxy groups -OCH3 is 1. The number of carbonyl (C=O) groups excluding carboxylic acids is 2. The molecule has 1 saturated carbocycles. The van der Waals surface area contributed by atoms with Gasteiger partial charge in [-0.2, -0.15) is 0 Å². The van der Waals surface area contributed by atoms with E-state index in [0.29, 0.717) is 25.2 Å². The maximum Gasteiger partial charge on any atom is 0.309 e. The lowest BCUT2D eigenvalue weighted by molar-refractivity contribution is -0.139. The minimum absolute atomic E-state index is 0.152. The SMILES string of the molecule is COC(=O)Cc1ccccc1COC1CCC(=O)CC1. The lowest BCUT2D eigenvalue weighted by Gasteiger charge is -2.22. The largest absolute Gasteiger partial charge is 0.469 e. The second-order valence-electron chi connectivity index (χ2n) is 5.07. The molecule has 4 nitrogen and oxygen atoms in total. The molecule has 0 unspecified atom stereocenters. The van der Waals surface area contributed by atoms with E-state index >= 15 is 0 Å². The molecule has 0 aromatic heterocycles. The van der Waals surface area contributed by atoms with Gasteiger partial charge in [0, 0.05) is 12.8 Å². The van der Waals surface area contributed by atoms with Crippen LogP contribution in [-0.4, -0.2) is 25.0 Å². The third-order valence-corrected chi connectivity index (χ3v) is 3.65. The fraction of sp³-hybridized carbons (Fsp3) is 0.500. The van der Waals surface area contributed by atoms with Gasteiger partial charge in [-0.1, -0.05) is 24.3 Å². The average molecular weight is 276 g/mol. The zero-order chi connectivity index (χ0) is 14.4. The second-order valence-corrected chi connectivity index (χ2v) is 5.07. The van der Waals surface area contributed by atoms with Gasteiger partial charge in [-0.25, -0.2) is 0 Å². The summed E-state index contributed by atoms with van der Waals surface area (Å²) in [5.41, 5.74) is 1.95. The molecular weight excluding hydrogens is 256 g/mol. The summed E-state index contributed by atoms with van der Waals surface area (Å²) in [6.45, 7) is 0.478. The number of rotatable bonds is 5. The van der Waals surface area contributed by atoms with Crippen LogP contribution in [0, 0.1) is 0 Å². The third-order valence-electron chi connectivity index (χ3n) is 3.65. The predicted molar refractivity (Wildman–Crippen MR) is 74.2 cm³/mol. The van der Waals surface area contributed by atoms with Crippen LogP contribution in [-0.2, 0) is 32.1 Å². The molecule has 4 heteroatoms.